The molecule has 6 nitrogen and oxygen atoms in total. The second kappa shape index (κ2) is 9.21. The van der Waals surface area contributed by atoms with E-state index in [1.54, 1.807) is 0 Å². The lowest BCUT2D eigenvalue weighted by atomic mass is 9.99. The highest BCUT2D eigenvalue weighted by molar-refractivity contribution is 7.89. The molecule has 0 saturated carbocycles. The standard InChI is InChI=1S/C24H24FN3O3S2/c1-4-11-28-21-14-16(2)13-17(3)22(21)32-24(28)26-23(29)18-6-5-12-27(15-18)33(30,31)20-9-7-19(25)8-10-20/h1,7-10,13-14,18H,5-6,11-12,15H2,2-3H3. The topological polar surface area (TPSA) is 71.7 Å². The summed E-state index contributed by atoms with van der Waals surface area (Å²) in [5.41, 5.74) is 3.12. The Morgan fingerprint density at radius 2 is 2.00 bits per heavy atom. The fourth-order valence-electron chi connectivity index (χ4n) is 4.15. The zero-order valence-electron chi connectivity index (χ0n) is 18.4. The van der Waals surface area contributed by atoms with Crippen LogP contribution >= 0.6 is 11.3 Å². The molecule has 1 atom stereocenters. The first-order chi connectivity index (χ1) is 15.7. The molecule has 1 aliphatic heterocycles. The Morgan fingerprint density at radius 1 is 1.27 bits per heavy atom. The average Bonchev–Trinajstić information content (AvgIpc) is 3.12. The summed E-state index contributed by atoms with van der Waals surface area (Å²) in [4.78, 5) is 18.0. The third-order valence-electron chi connectivity index (χ3n) is 5.75. The molecule has 33 heavy (non-hydrogen) atoms. The van der Waals surface area contributed by atoms with Crippen LogP contribution in [0.4, 0.5) is 4.39 Å². The maximum absolute atomic E-state index is 13.2. The second-order valence-corrected chi connectivity index (χ2v) is 11.1. The van der Waals surface area contributed by atoms with Crippen molar-refractivity contribution in [2.24, 2.45) is 10.9 Å². The highest BCUT2D eigenvalue weighted by Gasteiger charge is 2.33. The van der Waals surface area contributed by atoms with Crippen molar-refractivity contribution in [3.05, 3.63) is 58.1 Å². The number of halogens is 1. The highest BCUT2D eigenvalue weighted by Crippen LogP contribution is 2.26. The predicted molar refractivity (Wildman–Crippen MR) is 127 cm³/mol. The van der Waals surface area contributed by atoms with Gasteiger partial charge in [-0.25, -0.2) is 12.8 Å². The van der Waals surface area contributed by atoms with Gasteiger partial charge in [0.05, 0.1) is 27.6 Å². The number of aromatic nitrogens is 1. The van der Waals surface area contributed by atoms with Gasteiger partial charge < -0.3 is 4.57 Å². The Hall–Kier alpha value is -2.80. The van der Waals surface area contributed by atoms with Crippen LogP contribution in [-0.2, 0) is 21.4 Å². The number of carbonyl (C=O) groups is 1. The largest absolute Gasteiger partial charge is 0.305 e. The SMILES string of the molecule is C#CCn1c(=NC(=O)C2CCCN(S(=O)(=O)c3ccc(F)cc3)C2)sc2c(C)cc(C)cc21. The van der Waals surface area contributed by atoms with E-state index in [0.717, 1.165) is 33.5 Å². The molecule has 9 heteroatoms. The molecule has 1 unspecified atom stereocenters. The van der Waals surface area contributed by atoms with Gasteiger partial charge in [0.15, 0.2) is 4.80 Å². The molecule has 1 aliphatic rings. The summed E-state index contributed by atoms with van der Waals surface area (Å²) in [6.07, 6.45) is 6.67. The van der Waals surface area contributed by atoms with Crippen molar-refractivity contribution >= 4 is 37.5 Å². The van der Waals surface area contributed by atoms with Crippen LogP contribution < -0.4 is 4.80 Å². The van der Waals surface area contributed by atoms with Crippen LogP contribution in [0, 0.1) is 37.9 Å². The number of amides is 1. The second-order valence-electron chi connectivity index (χ2n) is 8.21. The Balaban J connectivity index is 1.65. The van der Waals surface area contributed by atoms with E-state index in [1.807, 2.05) is 24.5 Å². The van der Waals surface area contributed by atoms with E-state index in [1.165, 1.54) is 27.8 Å². The van der Waals surface area contributed by atoms with Crippen LogP contribution in [-0.4, -0.2) is 36.3 Å². The molecule has 1 amide bonds. The molecule has 2 heterocycles. The number of hydrogen-bond acceptors (Lipinski definition) is 4. The van der Waals surface area contributed by atoms with Crippen LogP contribution in [0.3, 0.4) is 0 Å². The van der Waals surface area contributed by atoms with E-state index in [9.17, 15) is 17.6 Å². The van der Waals surface area contributed by atoms with Gasteiger partial charge in [-0.05, 0) is 68.1 Å². The zero-order valence-corrected chi connectivity index (χ0v) is 20.0. The van der Waals surface area contributed by atoms with Crippen LogP contribution in [0.25, 0.3) is 10.2 Å². The highest BCUT2D eigenvalue weighted by atomic mass is 32.2. The fraction of sp³-hybridized carbons (Fsp3) is 0.333. The molecule has 0 radical (unpaired) electrons. The molecule has 1 fully saturated rings. The molecule has 4 rings (SSSR count). The number of benzene rings is 2. The Kier molecular flexibility index (Phi) is 6.52. The molecule has 0 spiro atoms. The van der Waals surface area contributed by atoms with Gasteiger partial charge >= 0.3 is 0 Å². The average molecular weight is 486 g/mol. The molecule has 3 aromatic rings. The first-order valence-electron chi connectivity index (χ1n) is 10.6. The Bertz CT molecular complexity index is 1430. The quantitative estimate of drug-likeness (QED) is 0.530. The number of carbonyl (C=O) groups excluding carboxylic acids is 1. The van der Waals surface area contributed by atoms with Crippen molar-refractivity contribution in [2.45, 2.75) is 38.1 Å². The summed E-state index contributed by atoms with van der Waals surface area (Å²) in [5, 5.41) is 0. The van der Waals surface area contributed by atoms with Gasteiger partial charge in [0.2, 0.25) is 10.0 Å². The Labute approximate surface area is 196 Å². The molecular weight excluding hydrogens is 461 g/mol. The summed E-state index contributed by atoms with van der Waals surface area (Å²) < 4.78 is 43.4. The van der Waals surface area contributed by atoms with E-state index in [-0.39, 0.29) is 23.9 Å². The summed E-state index contributed by atoms with van der Waals surface area (Å²) >= 11 is 1.41. The fourth-order valence-corrected chi connectivity index (χ4v) is 6.75. The third-order valence-corrected chi connectivity index (χ3v) is 8.86. The van der Waals surface area contributed by atoms with Crippen molar-refractivity contribution in [1.29, 1.82) is 0 Å². The minimum absolute atomic E-state index is 0.0103. The van der Waals surface area contributed by atoms with Gasteiger partial charge in [-0.15, -0.1) is 6.42 Å². The van der Waals surface area contributed by atoms with Crippen molar-refractivity contribution in [3.63, 3.8) is 0 Å². The molecule has 1 aromatic heterocycles. The number of nitrogens with zero attached hydrogens (tertiary/aromatic N) is 3. The molecule has 0 N–H and O–H groups in total. The van der Waals surface area contributed by atoms with Gasteiger partial charge in [0.1, 0.15) is 5.82 Å². The van der Waals surface area contributed by atoms with Crippen molar-refractivity contribution in [3.8, 4) is 12.3 Å². The first kappa shape index (κ1) is 23.4. The molecule has 172 valence electrons. The normalized spacial score (nSPS) is 17.9. The molecule has 0 bridgehead atoms. The minimum Gasteiger partial charge on any atom is -0.305 e. The maximum Gasteiger partial charge on any atom is 0.252 e. The summed E-state index contributed by atoms with van der Waals surface area (Å²) in [5.74, 6) is 1.21. The van der Waals surface area contributed by atoms with E-state index in [4.69, 9.17) is 6.42 Å². The number of thiazole rings is 1. The van der Waals surface area contributed by atoms with E-state index in [2.05, 4.69) is 17.0 Å². The predicted octanol–water partition coefficient (Wildman–Crippen LogP) is 3.62. The van der Waals surface area contributed by atoms with Gasteiger partial charge in [0, 0.05) is 13.1 Å². The third kappa shape index (κ3) is 4.64. The monoisotopic (exact) mass is 485 g/mol. The minimum atomic E-state index is -3.82. The number of terminal acetylenes is 1. The summed E-state index contributed by atoms with van der Waals surface area (Å²) in [7, 11) is -3.82. The molecule has 2 aromatic carbocycles. The number of fused-ring (bicyclic) bond motifs is 1. The lowest BCUT2D eigenvalue weighted by Crippen LogP contribution is -2.42. The number of sulfonamides is 1. The summed E-state index contributed by atoms with van der Waals surface area (Å²) in [6, 6.07) is 8.81. The van der Waals surface area contributed by atoms with Gasteiger partial charge in [0.25, 0.3) is 5.91 Å². The van der Waals surface area contributed by atoms with E-state index < -0.39 is 21.8 Å². The Morgan fingerprint density at radius 3 is 2.70 bits per heavy atom. The first-order valence-corrected chi connectivity index (χ1v) is 12.8. The van der Waals surface area contributed by atoms with Crippen LogP contribution in [0.15, 0.2) is 46.3 Å². The van der Waals surface area contributed by atoms with Gasteiger partial charge in [-0.2, -0.15) is 9.30 Å². The van der Waals surface area contributed by atoms with Crippen molar-refractivity contribution in [2.75, 3.05) is 13.1 Å². The summed E-state index contributed by atoms with van der Waals surface area (Å²) in [6.45, 7) is 4.65. The molecule has 0 aliphatic carbocycles. The smallest absolute Gasteiger partial charge is 0.252 e. The number of piperidine rings is 1. The van der Waals surface area contributed by atoms with E-state index >= 15 is 0 Å². The molecular formula is C24H24FN3O3S2. The van der Waals surface area contributed by atoms with Crippen LogP contribution in [0.1, 0.15) is 24.0 Å². The number of aryl methyl sites for hydroxylation is 2. The van der Waals surface area contributed by atoms with Gasteiger partial charge in [-0.1, -0.05) is 23.3 Å². The lowest BCUT2D eigenvalue weighted by molar-refractivity contribution is -0.122. The zero-order chi connectivity index (χ0) is 23.8. The maximum atomic E-state index is 13.2. The van der Waals surface area contributed by atoms with Gasteiger partial charge in [-0.3, -0.25) is 4.79 Å². The molecule has 1 saturated heterocycles. The number of hydrogen-bond donors (Lipinski definition) is 0. The van der Waals surface area contributed by atoms with Crippen molar-refractivity contribution < 1.29 is 17.6 Å². The lowest BCUT2D eigenvalue weighted by Gasteiger charge is -2.30. The number of rotatable bonds is 4. The van der Waals surface area contributed by atoms with Crippen molar-refractivity contribution in [1.82, 2.24) is 8.87 Å². The van der Waals surface area contributed by atoms with E-state index in [0.29, 0.717) is 24.2 Å². The van der Waals surface area contributed by atoms with Crippen LogP contribution in [0.2, 0.25) is 0 Å². The van der Waals surface area contributed by atoms with Crippen LogP contribution in [0.5, 0.6) is 0 Å².